The van der Waals surface area contributed by atoms with Gasteiger partial charge in [0.05, 0.1) is 19.3 Å². The Morgan fingerprint density at radius 2 is 1.90 bits per heavy atom. The molecule has 0 aromatic carbocycles. The second-order valence-corrected chi connectivity index (χ2v) is 5.75. The SMILES string of the molecule is CCNc1nc(NC2(CO)CCC(C)CC2)nc(OC)n1. The van der Waals surface area contributed by atoms with Crippen molar-refractivity contribution in [3.05, 3.63) is 0 Å². The summed E-state index contributed by atoms with van der Waals surface area (Å²) in [5.41, 5.74) is -0.345. The Labute approximate surface area is 125 Å². The summed E-state index contributed by atoms with van der Waals surface area (Å²) in [7, 11) is 1.53. The molecule has 1 aromatic rings. The molecule has 0 bridgehead atoms. The normalized spacial score (nSPS) is 25.4. The molecule has 1 aliphatic carbocycles. The molecule has 0 aliphatic heterocycles. The maximum atomic E-state index is 9.81. The molecule has 0 spiro atoms. The minimum atomic E-state index is -0.345. The molecule has 3 N–H and O–H groups in total. The van der Waals surface area contributed by atoms with Gasteiger partial charge in [-0.2, -0.15) is 15.0 Å². The molecule has 0 amide bonds. The van der Waals surface area contributed by atoms with Gasteiger partial charge in [0.25, 0.3) is 0 Å². The van der Waals surface area contributed by atoms with Gasteiger partial charge in [0.2, 0.25) is 11.9 Å². The summed E-state index contributed by atoms with van der Waals surface area (Å²) in [6.07, 6.45) is 4.01. The molecule has 7 nitrogen and oxygen atoms in total. The van der Waals surface area contributed by atoms with Crippen molar-refractivity contribution >= 4 is 11.9 Å². The lowest BCUT2D eigenvalue weighted by atomic mass is 9.77. The number of aliphatic hydroxyl groups is 1. The van der Waals surface area contributed by atoms with Gasteiger partial charge in [0, 0.05) is 6.54 Å². The first-order valence-electron chi connectivity index (χ1n) is 7.54. The number of aliphatic hydroxyl groups excluding tert-OH is 1. The molecule has 0 saturated heterocycles. The number of aromatic nitrogens is 3. The molecule has 0 atom stereocenters. The zero-order valence-corrected chi connectivity index (χ0v) is 13.0. The molecule has 7 heteroatoms. The van der Waals surface area contributed by atoms with Gasteiger partial charge in [-0.15, -0.1) is 0 Å². The summed E-state index contributed by atoms with van der Waals surface area (Å²) in [5, 5.41) is 16.2. The summed E-state index contributed by atoms with van der Waals surface area (Å²) in [6.45, 7) is 5.01. The van der Waals surface area contributed by atoms with Crippen molar-refractivity contribution in [1.82, 2.24) is 15.0 Å². The van der Waals surface area contributed by atoms with Crippen molar-refractivity contribution in [2.75, 3.05) is 30.9 Å². The zero-order valence-electron chi connectivity index (χ0n) is 13.0. The van der Waals surface area contributed by atoms with E-state index in [0.29, 0.717) is 17.8 Å². The summed E-state index contributed by atoms with van der Waals surface area (Å²) in [6, 6.07) is 0.265. The van der Waals surface area contributed by atoms with Crippen molar-refractivity contribution in [2.24, 2.45) is 5.92 Å². The van der Waals surface area contributed by atoms with E-state index in [1.54, 1.807) is 0 Å². The number of ether oxygens (including phenoxy) is 1. The summed E-state index contributed by atoms with van der Waals surface area (Å²) >= 11 is 0. The summed E-state index contributed by atoms with van der Waals surface area (Å²) < 4.78 is 5.11. The highest BCUT2D eigenvalue weighted by molar-refractivity contribution is 5.38. The molecular formula is C14H25N5O2. The minimum Gasteiger partial charge on any atom is -0.467 e. The van der Waals surface area contributed by atoms with Gasteiger partial charge in [0.15, 0.2) is 0 Å². The van der Waals surface area contributed by atoms with Gasteiger partial charge in [-0.3, -0.25) is 0 Å². The fourth-order valence-electron chi connectivity index (χ4n) is 2.62. The van der Waals surface area contributed by atoms with E-state index >= 15 is 0 Å². The van der Waals surface area contributed by atoms with E-state index in [0.717, 1.165) is 32.2 Å². The minimum absolute atomic E-state index is 0.0737. The molecular weight excluding hydrogens is 270 g/mol. The van der Waals surface area contributed by atoms with Gasteiger partial charge in [0.1, 0.15) is 0 Å². The maximum Gasteiger partial charge on any atom is 0.322 e. The Morgan fingerprint density at radius 1 is 1.24 bits per heavy atom. The predicted octanol–water partition coefficient (Wildman–Crippen LogP) is 1.67. The molecule has 1 aliphatic rings. The number of methoxy groups -OCH3 is 1. The highest BCUT2D eigenvalue weighted by atomic mass is 16.5. The van der Waals surface area contributed by atoms with Crippen molar-refractivity contribution in [3.8, 4) is 6.01 Å². The molecule has 1 aromatic heterocycles. The Morgan fingerprint density at radius 3 is 2.48 bits per heavy atom. The van der Waals surface area contributed by atoms with Gasteiger partial charge in [-0.05, 0) is 38.5 Å². The van der Waals surface area contributed by atoms with Crippen LogP contribution in [0.2, 0.25) is 0 Å². The Kier molecular flexibility index (Phi) is 5.17. The smallest absolute Gasteiger partial charge is 0.322 e. The maximum absolute atomic E-state index is 9.81. The second kappa shape index (κ2) is 6.89. The van der Waals surface area contributed by atoms with Crippen LogP contribution in [-0.4, -0.2) is 45.9 Å². The van der Waals surface area contributed by atoms with E-state index < -0.39 is 0 Å². The van der Waals surface area contributed by atoms with E-state index in [-0.39, 0.29) is 18.2 Å². The number of nitrogens with zero attached hydrogens (tertiary/aromatic N) is 3. The van der Waals surface area contributed by atoms with Crippen molar-refractivity contribution in [1.29, 1.82) is 0 Å². The number of hydrogen-bond acceptors (Lipinski definition) is 7. The third-order valence-corrected chi connectivity index (χ3v) is 4.04. The van der Waals surface area contributed by atoms with Crippen molar-refractivity contribution in [2.45, 2.75) is 45.1 Å². The monoisotopic (exact) mass is 295 g/mol. The largest absolute Gasteiger partial charge is 0.467 e. The number of rotatable bonds is 6. The molecule has 1 fully saturated rings. The van der Waals surface area contributed by atoms with Crippen LogP contribution in [0.5, 0.6) is 6.01 Å². The van der Waals surface area contributed by atoms with Crippen LogP contribution in [0.25, 0.3) is 0 Å². The van der Waals surface area contributed by atoms with Crippen LogP contribution >= 0.6 is 0 Å². The Hall–Kier alpha value is -1.63. The third kappa shape index (κ3) is 3.93. The molecule has 0 unspecified atom stereocenters. The second-order valence-electron chi connectivity index (χ2n) is 5.75. The molecule has 0 radical (unpaired) electrons. The molecule has 21 heavy (non-hydrogen) atoms. The first-order valence-corrected chi connectivity index (χ1v) is 7.54. The Bertz CT molecular complexity index is 461. The fraction of sp³-hybridized carbons (Fsp3) is 0.786. The van der Waals surface area contributed by atoms with Crippen LogP contribution in [0.15, 0.2) is 0 Å². The van der Waals surface area contributed by atoms with E-state index in [1.165, 1.54) is 7.11 Å². The lowest BCUT2D eigenvalue weighted by Gasteiger charge is -2.38. The predicted molar refractivity (Wildman–Crippen MR) is 81.6 cm³/mol. The van der Waals surface area contributed by atoms with E-state index in [2.05, 4.69) is 32.5 Å². The van der Waals surface area contributed by atoms with E-state index in [9.17, 15) is 5.11 Å². The van der Waals surface area contributed by atoms with Gasteiger partial charge in [-0.25, -0.2) is 0 Å². The lowest BCUT2D eigenvalue weighted by molar-refractivity contribution is 0.154. The van der Waals surface area contributed by atoms with Gasteiger partial charge in [-0.1, -0.05) is 6.92 Å². The third-order valence-electron chi connectivity index (χ3n) is 4.04. The zero-order chi connectivity index (χ0) is 15.3. The average molecular weight is 295 g/mol. The highest BCUT2D eigenvalue weighted by Gasteiger charge is 2.34. The van der Waals surface area contributed by atoms with Crippen molar-refractivity contribution < 1.29 is 9.84 Å². The standard InChI is InChI=1S/C14H25N5O2/c1-4-15-11-16-12(18-13(17-11)21-3)19-14(9-20)7-5-10(2)6-8-14/h10,20H,4-9H2,1-3H3,(H2,15,16,17,18,19). The highest BCUT2D eigenvalue weighted by Crippen LogP contribution is 2.34. The summed E-state index contributed by atoms with van der Waals surface area (Å²) in [4.78, 5) is 12.7. The van der Waals surface area contributed by atoms with Crippen LogP contribution in [0.3, 0.4) is 0 Å². The average Bonchev–Trinajstić information content (AvgIpc) is 2.50. The van der Waals surface area contributed by atoms with Crippen LogP contribution in [0.4, 0.5) is 11.9 Å². The first kappa shape index (κ1) is 15.8. The number of hydrogen-bond donors (Lipinski definition) is 3. The lowest BCUT2D eigenvalue weighted by Crippen LogP contribution is -2.45. The number of anilines is 2. The molecule has 1 heterocycles. The van der Waals surface area contributed by atoms with Crippen LogP contribution in [0.1, 0.15) is 39.5 Å². The van der Waals surface area contributed by atoms with Gasteiger partial charge >= 0.3 is 6.01 Å². The van der Waals surface area contributed by atoms with Crippen molar-refractivity contribution in [3.63, 3.8) is 0 Å². The van der Waals surface area contributed by atoms with Crippen LogP contribution in [-0.2, 0) is 0 Å². The fourth-order valence-corrected chi connectivity index (χ4v) is 2.62. The quantitative estimate of drug-likeness (QED) is 0.735. The topological polar surface area (TPSA) is 92.2 Å². The molecule has 118 valence electrons. The van der Waals surface area contributed by atoms with Crippen LogP contribution in [0, 0.1) is 5.92 Å². The van der Waals surface area contributed by atoms with E-state index in [1.807, 2.05) is 6.92 Å². The number of nitrogens with one attached hydrogen (secondary N) is 2. The first-order chi connectivity index (χ1) is 10.1. The van der Waals surface area contributed by atoms with E-state index in [4.69, 9.17) is 4.74 Å². The summed E-state index contributed by atoms with van der Waals surface area (Å²) in [5.74, 6) is 1.63. The van der Waals surface area contributed by atoms with Gasteiger partial charge < -0.3 is 20.5 Å². The van der Waals surface area contributed by atoms with Crippen LogP contribution < -0.4 is 15.4 Å². The Balaban J connectivity index is 2.18. The molecule has 2 rings (SSSR count). The molecule has 1 saturated carbocycles.